The van der Waals surface area contributed by atoms with E-state index in [9.17, 15) is 4.79 Å². The van der Waals surface area contributed by atoms with E-state index in [1.54, 1.807) is 0 Å². The van der Waals surface area contributed by atoms with E-state index in [0.717, 1.165) is 32.6 Å². The van der Waals surface area contributed by atoms with Gasteiger partial charge in [0.15, 0.2) is 0 Å². The molecule has 2 aromatic carbocycles. The van der Waals surface area contributed by atoms with Gasteiger partial charge in [-0.25, -0.2) is 0 Å². The molecule has 0 bridgehead atoms. The standard InChI is InChI=1S/C17H13N3OS/c18-22-11-5-6-16-13(8-11)14(17(21)20-16)7-10-9-19-15-4-2-1-3-12(10)15/h1-9,19H,18H2,(H,20,21)/b14-7-. The van der Waals surface area contributed by atoms with Crippen molar-refractivity contribution in [3.8, 4) is 0 Å². The second-order valence-electron chi connectivity index (χ2n) is 5.13. The number of rotatable bonds is 2. The molecule has 1 aliphatic heterocycles. The molecule has 1 aliphatic rings. The first-order valence-corrected chi connectivity index (χ1v) is 7.74. The van der Waals surface area contributed by atoms with E-state index in [1.165, 1.54) is 11.9 Å². The summed E-state index contributed by atoms with van der Waals surface area (Å²) in [5.74, 6) is -0.0838. The second kappa shape index (κ2) is 5.05. The number of para-hydroxylation sites is 1. The second-order valence-corrected chi connectivity index (χ2v) is 5.83. The molecule has 4 N–H and O–H groups in total. The van der Waals surface area contributed by atoms with Crippen LogP contribution >= 0.6 is 11.9 Å². The largest absolute Gasteiger partial charge is 0.361 e. The third kappa shape index (κ3) is 2.03. The van der Waals surface area contributed by atoms with Gasteiger partial charge in [0.05, 0.1) is 0 Å². The number of hydrogen-bond acceptors (Lipinski definition) is 3. The molecule has 108 valence electrons. The molecular weight excluding hydrogens is 294 g/mol. The molecule has 0 radical (unpaired) electrons. The molecule has 0 atom stereocenters. The van der Waals surface area contributed by atoms with Gasteiger partial charge in [0.1, 0.15) is 0 Å². The number of benzene rings is 2. The van der Waals surface area contributed by atoms with Crippen LogP contribution in [0.25, 0.3) is 22.6 Å². The first-order chi connectivity index (χ1) is 10.8. The van der Waals surface area contributed by atoms with Gasteiger partial charge in [0.2, 0.25) is 0 Å². The number of carbonyl (C=O) groups is 1. The zero-order chi connectivity index (χ0) is 15.1. The van der Waals surface area contributed by atoms with Crippen molar-refractivity contribution in [2.75, 3.05) is 5.32 Å². The number of nitrogens with two attached hydrogens (primary N) is 1. The average Bonchev–Trinajstić information content (AvgIpc) is 3.09. The van der Waals surface area contributed by atoms with Crippen molar-refractivity contribution in [2.45, 2.75) is 4.90 Å². The third-order valence-electron chi connectivity index (χ3n) is 3.83. The van der Waals surface area contributed by atoms with Crippen molar-refractivity contribution in [2.24, 2.45) is 5.14 Å². The molecule has 0 spiro atoms. The van der Waals surface area contributed by atoms with Gasteiger partial charge in [0, 0.05) is 44.4 Å². The number of nitrogens with one attached hydrogen (secondary N) is 2. The monoisotopic (exact) mass is 307 g/mol. The maximum atomic E-state index is 12.3. The highest BCUT2D eigenvalue weighted by Gasteiger charge is 2.24. The van der Waals surface area contributed by atoms with Gasteiger partial charge >= 0.3 is 0 Å². The zero-order valence-electron chi connectivity index (χ0n) is 11.6. The van der Waals surface area contributed by atoms with Crippen LogP contribution in [0.4, 0.5) is 5.69 Å². The molecule has 3 aromatic rings. The van der Waals surface area contributed by atoms with Gasteiger partial charge in [-0.1, -0.05) is 18.2 Å². The van der Waals surface area contributed by atoms with Crippen LogP contribution in [0, 0.1) is 0 Å². The fourth-order valence-electron chi connectivity index (χ4n) is 2.75. The van der Waals surface area contributed by atoms with Crippen molar-refractivity contribution >= 4 is 46.1 Å². The molecule has 0 saturated heterocycles. The van der Waals surface area contributed by atoms with Gasteiger partial charge in [-0.15, -0.1) is 0 Å². The number of anilines is 1. The molecule has 0 aliphatic carbocycles. The van der Waals surface area contributed by atoms with Crippen LogP contribution in [0.5, 0.6) is 0 Å². The van der Waals surface area contributed by atoms with E-state index in [1.807, 2.05) is 54.7 Å². The lowest BCUT2D eigenvalue weighted by molar-refractivity contribution is -0.110. The summed E-state index contributed by atoms with van der Waals surface area (Å²) in [6.45, 7) is 0. The lowest BCUT2D eigenvalue weighted by Gasteiger charge is -2.01. The Labute approximate surface area is 131 Å². The third-order valence-corrected chi connectivity index (χ3v) is 4.36. The van der Waals surface area contributed by atoms with Crippen LogP contribution in [0.1, 0.15) is 11.1 Å². The quantitative estimate of drug-likeness (QED) is 0.500. The molecule has 5 heteroatoms. The summed E-state index contributed by atoms with van der Waals surface area (Å²) in [7, 11) is 0. The molecule has 1 aromatic heterocycles. The lowest BCUT2D eigenvalue weighted by Crippen LogP contribution is -2.03. The Bertz CT molecular complexity index is 927. The molecule has 0 unspecified atom stereocenters. The molecule has 0 saturated carbocycles. The van der Waals surface area contributed by atoms with Crippen molar-refractivity contribution < 1.29 is 4.79 Å². The summed E-state index contributed by atoms with van der Waals surface area (Å²) >= 11 is 1.18. The number of carbonyl (C=O) groups excluding carboxylic acids is 1. The molecule has 4 rings (SSSR count). The van der Waals surface area contributed by atoms with Crippen LogP contribution in [0.2, 0.25) is 0 Å². The minimum absolute atomic E-state index is 0.0838. The van der Waals surface area contributed by atoms with Crippen LogP contribution in [0.15, 0.2) is 53.6 Å². The summed E-state index contributed by atoms with van der Waals surface area (Å²) in [5, 5.41) is 9.61. The van der Waals surface area contributed by atoms with Crippen LogP contribution in [-0.4, -0.2) is 10.9 Å². The van der Waals surface area contributed by atoms with Gasteiger partial charge < -0.3 is 10.3 Å². The highest BCUT2D eigenvalue weighted by molar-refractivity contribution is 7.97. The van der Waals surface area contributed by atoms with Crippen LogP contribution in [-0.2, 0) is 4.79 Å². The first-order valence-electron chi connectivity index (χ1n) is 6.86. The number of H-pyrrole nitrogens is 1. The summed E-state index contributed by atoms with van der Waals surface area (Å²) in [6.07, 6.45) is 3.84. The lowest BCUT2D eigenvalue weighted by atomic mass is 10.0. The molecule has 2 heterocycles. The van der Waals surface area contributed by atoms with Crippen LogP contribution < -0.4 is 10.5 Å². The Balaban J connectivity index is 1.88. The SMILES string of the molecule is NSc1ccc2c(c1)/C(=C/c1c[nH]c3ccccc13)C(=O)N2. The van der Waals surface area contributed by atoms with Gasteiger partial charge in [0.25, 0.3) is 5.91 Å². The van der Waals surface area contributed by atoms with E-state index in [2.05, 4.69) is 10.3 Å². The van der Waals surface area contributed by atoms with Crippen molar-refractivity contribution in [3.05, 3.63) is 59.8 Å². The average molecular weight is 307 g/mol. The number of amides is 1. The maximum Gasteiger partial charge on any atom is 0.256 e. The van der Waals surface area contributed by atoms with E-state index in [4.69, 9.17) is 5.14 Å². The summed E-state index contributed by atoms with van der Waals surface area (Å²) in [6, 6.07) is 13.8. The van der Waals surface area contributed by atoms with Crippen molar-refractivity contribution in [1.82, 2.24) is 4.98 Å². The van der Waals surface area contributed by atoms with Crippen molar-refractivity contribution in [3.63, 3.8) is 0 Å². The number of aromatic amines is 1. The van der Waals surface area contributed by atoms with E-state index in [-0.39, 0.29) is 5.91 Å². The zero-order valence-corrected chi connectivity index (χ0v) is 12.4. The molecule has 4 nitrogen and oxygen atoms in total. The number of fused-ring (bicyclic) bond motifs is 2. The topological polar surface area (TPSA) is 70.9 Å². The maximum absolute atomic E-state index is 12.3. The highest BCUT2D eigenvalue weighted by Crippen LogP contribution is 2.36. The van der Waals surface area contributed by atoms with E-state index in [0.29, 0.717) is 5.57 Å². The van der Waals surface area contributed by atoms with Crippen molar-refractivity contribution in [1.29, 1.82) is 0 Å². The molecule has 1 amide bonds. The summed E-state index contributed by atoms with van der Waals surface area (Å²) in [4.78, 5) is 16.4. The Morgan fingerprint density at radius 1 is 1.14 bits per heavy atom. The van der Waals surface area contributed by atoms with Gasteiger partial charge in [-0.3, -0.25) is 9.93 Å². The smallest absolute Gasteiger partial charge is 0.256 e. The predicted molar refractivity (Wildman–Crippen MR) is 91.3 cm³/mol. The predicted octanol–water partition coefficient (Wildman–Crippen LogP) is 3.63. The fourth-order valence-corrected chi connectivity index (χ4v) is 3.09. The van der Waals surface area contributed by atoms with Crippen LogP contribution in [0.3, 0.4) is 0 Å². The molecule has 0 fully saturated rings. The number of hydrogen-bond donors (Lipinski definition) is 3. The van der Waals surface area contributed by atoms with E-state index < -0.39 is 0 Å². The Morgan fingerprint density at radius 3 is 2.86 bits per heavy atom. The highest BCUT2D eigenvalue weighted by atomic mass is 32.2. The Kier molecular flexibility index (Phi) is 3.03. The minimum Gasteiger partial charge on any atom is -0.361 e. The fraction of sp³-hybridized carbons (Fsp3) is 0. The molecular formula is C17H13N3OS. The van der Waals surface area contributed by atoms with Gasteiger partial charge in [-0.2, -0.15) is 0 Å². The molecule has 22 heavy (non-hydrogen) atoms. The Hall–Kier alpha value is -2.50. The summed E-state index contributed by atoms with van der Waals surface area (Å²) in [5.41, 5.74) is 4.44. The van der Waals surface area contributed by atoms with E-state index >= 15 is 0 Å². The Morgan fingerprint density at radius 2 is 2.00 bits per heavy atom. The normalized spacial score (nSPS) is 15.3. The van der Waals surface area contributed by atoms with Gasteiger partial charge in [-0.05, 0) is 42.3 Å². The minimum atomic E-state index is -0.0838. The summed E-state index contributed by atoms with van der Waals surface area (Å²) < 4.78 is 0. The number of aromatic nitrogens is 1. The first kappa shape index (κ1) is 13.2.